The lowest BCUT2D eigenvalue weighted by Crippen LogP contribution is -2.51. The van der Waals surface area contributed by atoms with Gasteiger partial charge in [0.25, 0.3) is 5.91 Å². The SMILES string of the molecule is CC(C)(C)OC(=O)N(C(=N)NCCNc1ccc(CCCCNC(=N)NC(=O)c2nc(Cl)c(N)nc2N)cc1)C(=O)OC(C)(C)C. The molecule has 252 valence electrons. The van der Waals surface area contributed by atoms with Crippen LogP contribution < -0.4 is 32.7 Å². The fourth-order valence-electron chi connectivity index (χ4n) is 3.62. The van der Waals surface area contributed by atoms with Gasteiger partial charge in [-0.2, -0.15) is 0 Å². The molecule has 1 aromatic carbocycles. The molecular formula is C29H44ClN11O5. The van der Waals surface area contributed by atoms with Crippen LogP contribution in [0.15, 0.2) is 24.3 Å². The van der Waals surface area contributed by atoms with Crippen LogP contribution in [0, 0.1) is 10.8 Å². The summed E-state index contributed by atoms with van der Waals surface area (Å²) >= 11 is 5.80. The van der Waals surface area contributed by atoms with Gasteiger partial charge in [0.1, 0.15) is 11.2 Å². The molecule has 0 bridgehead atoms. The Morgan fingerprint density at radius 1 is 0.848 bits per heavy atom. The second kappa shape index (κ2) is 16.5. The Morgan fingerprint density at radius 2 is 1.43 bits per heavy atom. The van der Waals surface area contributed by atoms with E-state index in [-0.39, 0.29) is 35.0 Å². The number of rotatable bonds is 10. The average molecular weight is 662 g/mol. The van der Waals surface area contributed by atoms with Crippen LogP contribution in [-0.4, -0.2) is 75.7 Å². The number of aromatic nitrogens is 2. The number of aryl methyl sites for hydroxylation is 1. The number of nitrogens with zero attached hydrogens (tertiary/aromatic N) is 3. The van der Waals surface area contributed by atoms with Gasteiger partial charge in [-0.25, -0.2) is 19.6 Å². The number of nitrogen functional groups attached to an aromatic ring is 2. The lowest BCUT2D eigenvalue weighted by molar-refractivity contribution is 0.0140. The van der Waals surface area contributed by atoms with E-state index in [1.165, 1.54) is 0 Å². The first kappa shape index (κ1) is 37.3. The van der Waals surface area contributed by atoms with Gasteiger partial charge in [0.05, 0.1) is 0 Å². The lowest BCUT2D eigenvalue weighted by Gasteiger charge is -2.28. The van der Waals surface area contributed by atoms with Gasteiger partial charge in [-0.1, -0.05) is 23.7 Å². The Hall–Kier alpha value is -4.86. The minimum atomic E-state index is -1.01. The number of hydrogen-bond donors (Lipinski definition) is 8. The number of anilines is 3. The van der Waals surface area contributed by atoms with E-state index >= 15 is 0 Å². The van der Waals surface area contributed by atoms with Crippen molar-refractivity contribution in [2.45, 2.75) is 72.0 Å². The number of nitrogens with one attached hydrogen (secondary N) is 6. The molecule has 0 aliphatic rings. The maximum atomic E-state index is 12.6. The minimum Gasteiger partial charge on any atom is -0.443 e. The van der Waals surface area contributed by atoms with Crippen LogP contribution in [0.4, 0.5) is 26.9 Å². The molecule has 17 heteroatoms. The van der Waals surface area contributed by atoms with Gasteiger partial charge in [0.2, 0.25) is 5.96 Å². The first-order valence-corrected chi connectivity index (χ1v) is 14.9. The van der Waals surface area contributed by atoms with Gasteiger partial charge in [0, 0.05) is 25.3 Å². The summed E-state index contributed by atoms with van der Waals surface area (Å²) in [5.74, 6) is -1.67. The molecular weight excluding hydrogens is 618 g/mol. The Labute approximate surface area is 273 Å². The maximum Gasteiger partial charge on any atom is 0.427 e. The van der Waals surface area contributed by atoms with Crippen molar-refractivity contribution in [3.05, 3.63) is 40.7 Å². The standard InChI is InChI=1S/C29H44ClN11O5/c1-28(2,3)45-26(43)41(27(44)46-29(4,5)6)25(34)37-16-15-35-18-12-10-17(11-13-18)9-7-8-14-36-24(33)40-23(42)19-21(31)39-22(32)20(30)38-19/h10-13,35H,7-9,14-16H2,1-6H3,(H2,34,37)(H4,31,32,39)(H3,33,36,40,42). The van der Waals surface area contributed by atoms with Crippen LogP contribution in [0.5, 0.6) is 0 Å². The lowest BCUT2D eigenvalue weighted by atomic mass is 10.1. The zero-order valence-electron chi connectivity index (χ0n) is 27.0. The highest BCUT2D eigenvalue weighted by Crippen LogP contribution is 2.17. The van der Waals surface area contributed by atoms with Crippen molar-refractivity contribution < 1.29 is 23.9 Å². The summed E-state index contributed by atoms with van der Waals surface area (Å²) in [5, 5.41) is 27.2. The number of ether oxygens (including phenoxy) is 2. The average Bonchev–Trinajstić information content (AvgIpc) is 2.91. The highest BCUT2D eigenvalue weighted by Gasteiger charge is 2.34. The van der Waals surface area contributed by atoms with Gasteiger partial charge in [-0.3, -0.25) is 20.9 Å². The summed E-state index contributed by atoms with van der Waals surface area (Å²) in [7, 11) is 0. The molecule has 0 atom stereocenters. The van der Waals surface area contributed by atoms with Crippen molar-refractivity contribution in [2.24, 2.45) is 0 Å². The third-order valence-corrected chi connectivity index (χ3v) is 5.91. The summed E-state index contributed by atoms with van der Waals surface area (Å²) in [6.07, 6.45) is 0.371. The second-order valence-corrected chi connectivity index (χ2v) is 12.4. The Kier molecular flexibility index (Phi) is 13.3. The van der Waals surface area contributed by atoms with Crippen LogP contribution in [0.1, 0.15) is 70.4 Å². The number of guanidine groups is 2. The summed E-state index contributed by atoms with van der Waals surface area (Å²) in [4.78, 5) is 45.6. The molecule has 0 saturated heterocycles. The Bertz CT molecular complexity index is 1380. The number of imide groups is 1. The first-order chi connectivity index (χ1) is 21.4. The molecule has 1 heterocycles. The molecule has 2 aromatic rings. The Morgan fingerprint density at radius 3 is 2.00 bits per heavy atom. The highest BCUT2D eigenvalue weighted by molar-refractivity contribution is 6.31. The van der Waals surface area contributed by atoms with Crippen molar-refractivity contribution in [3.8, 4) is 0 Å². The topological polar surface area (TPSA) is 247 Å². The molecule has 0 fully saturated rings. The quantitative estimate of drug-likeness (QED) is 0.103. The fourth-order valence-corrected chi connectivity index (χ4v) is 3.75. The molecule has 10 N–H and O–H groups in total. The molecule has 0 spiro atoms. The van der Waals surface area contributed by atoms with E-state index in [0.29, 0.717) is 18.0 Å². The number of amides is 3. The number of nitrogens with two attached hydrogens (primary N) is 2. The largest absolute Gasteiger partial charge is 0.443 e. The van der Waals surface area contributed by atoms with E-state index in [2.05, 4.69) is 31.2 Å². The van der Waals surface area contributed by atoms with E-state index in [1.54, 1.807) is 41.5 Å². The molecule has 3 amide bonds. The fraction of sp³-hybridized carbons (Fsp3) is 0.483. The minimum absolute atomic E-state index is 0.0902. The summed E-state index contributed by atoms with van der Waals surface area (Å²) in [6, 6.07) is 7.83. The summed E-state index contributed by atoms with van der Waals surface area (Å²) < 4.78 is 10.6. The van der Waals surface area contributed by atoms with Crippen molar-refractivity contribution in [3.63, 3.8) is 0 Å². The molecule has 0 aliphatic carbocycles. The zero-order chi connectivity index (χ0) is 34.7. The van der Waals surface area contributed by atoms with Crippen molar-refractivity contribution in [2.75, 3.05) is 36.4 Å². The third-order valence-electron chi connectivity index (χ3n) is 5.63. The van der Waals surface area contributed by atoms with E-state index in [1.807, 2.05) is 24.3 Å². The molecule has 0 aliphatic heterocycles. The number of unbranched alkanes of at least 4 members (excludes halogenated alkanes) is 1. The zero-order valence-corrected chi connectivity index (χ0v) is 27.7. The predicted octanol–water partition coefficient (Wildman–Crippen LogP) is 3.68. The number of benzene rings is 1. The Balaban J connectivity index is 1.73. The molecule has 0 unspecified atom stereocenters. The molecule has 16 nitrogen and oxygen atoms in total. The predicted molar refractivity (Wildman–Crippen MR) is 177 cm³/mol. The van der Waals surface area contributed by atoms with Crippen molar-refractivity contribution >= 4 is 58.9 Å². The van der Waals surface area contributed by atoms with Crippen molar-refractivity contribution in [1.29, 1.82) is 10.8 Å². The van der Waals surface area contributed by atoms with E-state index < -0.39 is 35.3 Å². The number of halogens is 1. The van der Waals surface area contributed by atoms with Gasteiger partial charge < -0.3 is 36.9 Å². The van der Waals surface area contributed by atoms with Gasteiger partial charge in [-0.05, 0) is 78.5 Å². The number of carbonyl (C=O) groups excluding carboxylic acids is 3. The third kappa shape index (κ3) is 13.0. The van der Waals surface area contributed by atoms with Gasteiger partial charge in [0.15, 0.2) is 28.4 Å². The number of hydrogen-bond acceptors (Lipinski definition) is 12. The van der Waals surface area contributed by atoms with Crippen LogP contribution in [0.2, 0.25) is 5.15 Å². The van der Waals surface area contributed by atoms with E-state index in [0.717, 1.165) is 30.5 Å². The van der Waals surface area contributed by atoms with Crippen molar-refractivity contribution in [1.82, 2.24) is 30.8 Å². The van der Waals surface area contributed by atoms with Gasteiger partial charge >= 0.3 is 12.2 Å². The smallest absolute Gasteiger partial charge is 0.427 e. The molecule has 0 radical (unpaired) electrons. The molecule has 2 rings (SSSR count). The highest BCUT2D eigenvalue weighted by atomic mass is 35.5. The van der Waals surface area contributed by atoms with Crippen LogP contribution >= 0.6 is 11.6 Å². The monoisotopic (exact) mass is 661 g/mol. The molecule has 0 saturated carbocycles. The van der Waals surface area contributed by atoms with Crippen LogP contribution in [-0.2, 0) is 15.9 Å². The van der Waals surface area contributed by atoms with E-state index in [9.17, 15) is 14.4 Å². The molecule has 1 aromatic heterocycles. The second-order valence-electron chi connectivity index (χ2n) is 12.0. The van der Waals surface area contributed by atoms with Crippen LogP contribution in [0.25, 0.3) is 0 Å². The van der Waals surface area contributed by atoms with E-state index in [4.69, 9.17) is 43.4 Å². The van der Waals surface area contributed by atoms with Crippen LogP contribution in [0.3, 0.4) is 0 Å². The normalized spacial score (nSPS) is 11.2. The van der Waals surface area contributed by atoms with Gasteiger partial charge in [-0.15, -0.1) is 4.90 Å². The first-order valence-electron chi connectivity index (χ1n) is 14.5. The summed E-state index contributed by atoms with van der Waals surface area (Å²) in [6.45, 7) is 11.1. The maximum absolute atomic E-state index is 12.6. The molecule has 46 heavy (non-hydrogen) atoms. The summed E-state index contributed by atoms with van der Waals surface area (Å²) in [5.41, 5.74) is 11.2. The number of carbonyl (C=O) groups is 3.